The summed E-state index contributed by atoms with van der Waals surface area (Å²) in [5.74, 6) is 0.148. The highest BCUT2D eigenvalue weighted by Gasteiger charge is 2.23. The summed E-state index contributed by atoms with van der Waals surface area (Å²) in [5.41, 5.74) is 1.71. The molecule has 2 aromatic heterocycles. The van der Waals surface area contributed by atoms with Gasteiger partial charge < -0.3 is 15.0 Å². The second-order valence-electron chi connectivity index (χ2n) is 7.99. The predicted molar refractivity (Wildman–Crippen MR) is 114 cm³/mol. The molecule has 0 amide bonds. The minimum absolute atomic E-state index is 0.150. The van der Waals surface area contributed by atoms with Crippen LogP contribution >= 0.6 is 0 Å². The van der Waals surface area contributed by atoms with Crippen molar-refractivity contribution in [2.75, 3.05) is 18.4 Å². The van der Waals surface area contributed by atoms with E-state index in [1.807, 2.05) is 32.9 Å². The van der Waals surface area contributed by atoms with Crippen molar-refractivity contribution < 1.29 is 9.13 Å². The van der Waals surface area contributed by atoms with Crippen LogP contribution in [0.3, 0.4) is 0 Å². The molecule has 30 heavy (non-hydrogen) atoms. The van der Waals surface area contributed by atoms with Crippen molar-refractivity contribution in [1.82, 2.24) is 19.9 Å². The van der Waals surface area contributed by atoms with Gasteiger partial charge in [-0.05, 0) is 38.5 Å². The molecule has 0 spiro atoms. The summed E-state index contributed by atoms with van der Waals surface area (Å²) in [7, 11) is 0. The van der Waals surface area contributed by atoms with E-state index in [1.54, 1.807) is 18.3 Å². The highest BCUT2D eigenvalue weighted by atomic mass is 19.1. The van der Waals surface area contributed by atoms with Crippen LogP contribution in [0.1, 0.15) is 37.9 Å². The van der Waals surface area contributed by atoms with E-state index in [1.165, 1.54) is 6.07 Å². The average molecular weight is 411 g/mol. The first-order valence-electron chi connectivity index (χ1n) is 10.2. The maximum atomic E-state index is 14.8. The van der Waals surface area contributed by atoms with Crippen molar-refractivity contribution in [3.05, 3.63) is 63.8 Å². The molecule has 8 heteroatoms. The Morgan fingerprint density at radius 1 is 1.27 bits per heavy atom. The second kappa shape index (κ2) is 8.49. The van der Waals surface area contributed by atoms with E-state index in [4.69, 9.17) is 4.74 Å². The number of hydrogen-bond acceptors (Lipinski definition) is 6. The monoisotopic (exact) mass is 411 g/mol. The summed E-state index contributed by atoms with van der Waals surface area (Å²) >= 11 is 0. The van der Waals surface area contributed by atoms with E-state index in [9.17, 15) is 9.18 Å². The molecule has 3 aromatic rings. The molecular formula is C22H26FN5O2. The molecule has 3 heterocycles. The van der Waals surface area contributed by atoms with Crippen molar-refractivity contribution in [2.45, 2.75) is 45.6 Å². The number of H-pyrrole nitrogens is 1. The molecule has 4 rings (SSSR count). The number of pyridine rings is 1. The zero-order valence-electron chi connectivity index (χ0n) is 17.4. The first kappa shape index (κ1) is 20.4. The summed E-state index contributed by atoms with van der Waals surface area (Å²) in [4.78, 5) is 25.0. The van der Waals surface area contributed by atoms with Crippen LogP contribution in [0.25, 0.3) is 11.0 Å². The number of nitrogens with zero attached hydrogens (tertiary/aromatic N) is 3. The number of anilines is 1. The van der Waals surface area contributed by atoms with Crippen LogP contribution in [0.2, 0.25) is 0 Å². The van der Waals surface area contributed by atoms with Gasteiger partial charge in [-0.3, -0.25) is 9.69 Å². The zero-order chi connectivity index (χ0) is 21.3. The van der Waals surface area contributed by atoms with Crippen molar-refractivity contribution in [3.63, 3.8) is 0 Å². The SMILES string of the molecule is C[C@@H]1CN(Cc2ccc([C@H](C)Nc3ncc4ccc(=O)[nH]c4n3)cc2F)C[C@H](C)O1. The minimum atomic E-state index is -0.225. The molecule has 158 valence electrons. The quantitative estimate of drug-likeness (QED) is 0.671. The second-order valence-corrected chi connectivity index (χ2v) is 7.99. The lowest BCUT2D eigenvalue weighted by atomic mass is 10.0. The van der Waals surface area contributed by atoms with Crippen LogP contribution in [-0.2, 0) is 11.3 Å². The first-order valence-corrected chi connectivity index (χ1v) is 10.2. The number of aromatic nitrogens is 3. The van der Waals surface area contributed by atoms with Gasteiger partial charge in [0.05, 0.1) is 18.2 Å². The van der Waals surface area contributed by atoms with Gasteiger partial charge >= 0.3 is 0 Å². The Hall–Kier alpha value is -2.84. The number of hydrogen-bond donors (Lipinski definition) is 2. The Morgan fingerprint density at radius 2 is 2.03 bits per heavy atom. The van der Waals surface area contributed by atoms with Gasteiger partial charge in [0.2, 0.25) is 11.5 Å². The fourth-order valence-corrected chi connectivity index (χ4v) is 3.90. The largest absolute Gasteiger partial charge is 0.373 e. The Bertz CT molecular complexity index is 1090. The molecule has 1 aliphatic heterocycles. The zero-order valence-corrected chi connectivity index (χ0v) is 17.4. The van der Waals surface area contributed by atoms with E-state index in [-0.39, 0.29) is 29.6 Å². The third-order valence-electron chi connectivity index (χ3n) is 5.28. The van der Waals surface area contributed by atoms with Gasteiger partial charge in [-0.25, -0.2) is 9.37 Å². The molecule has 0 saturated carbocycles. The van der Waals surface area contributed by atoms with Gasteiger partial charge in [0.25, 0.3) is 0 Å². The number of ether oxygens (including phenoxy) is 1. The van der Waals surface area contributed by atoms with Crippen molar-refractivity contribution >= 4 is 17.0 Å². The smallest absolute Gasteiger partial charge is 0.249 e. The standard InChI is InChI=1S/C22H26FN5O2/c1-13-10-28(11-14(2)30-13)12-18-5-4-16(8-19(18)23)15(3)25-22-24-9-17-6-7-20(29)26-21(17)27-22/h4-9,13-15H,10-12H2,1-3H3,(H2,24,25,26,27,29)/t13-,14+,15-/m0/s1. The molecule has 1 fully saturated rings. The van der Waals surface area contributed by atoms with Crippen LogP contribution in [0, 0.1) is 5.82 Å². The number of halogens is 1. The highest BCUT2D eigenvalue weighted by molar-refractivity contribution is 5.74. The predicted octanol–water partition coefficient (Wildman–Crippen LogP) is 3.24. The molecule has 3 atom stereocenters. The molecule has 0 unspecified atom stereocenters. The molecule has 0 radical (unpaired) electrons. The summed E-state index contributed by atoms with van der Waals surface area (Å²) < 4.78 is 20.5. The maximum absolute atomic E-state index is 14.8. The number of rotatable bonds is 5. The molecule has 1 aliphatic rings. The fraction of sp³-hybridized carbons (Fsp3) is 0.409. The summed E-state index contributed by atoms with van der Waals surface area (Å²) in [5, 5.41) is 3.92. The van der Waals surface area contributed by atoms with E-state index >= 15 is 0 Å². The van der Waals surface area contributed by atoms with Crippen LogP contribution in [0.4, 0.5) is 10.3 Å². The molecule has 0 aliphatic carbocycles. The van der Waals surface area contributed by atoms with Crippen molar-refractivity contribution in [1.29, 1.82) is 0 Å². The number of aromatic amines is 1. The minimum Gasteiger partial charge on any atom is -0.373 e. The molecule has 7 nitrogen and oxygen atoms in total. The summed E-state index contributed by atoms with van der Waals surface area (Å²) in [6.45, 7) is 8.16. The fourth-order valence-electron chi connectivity index (χ4n) is 3.90. The molecular weight excluding hydrogens is 385 g/mol. The molecule has 1 aromatic carbocycles. The lowest BCUT2D eigenvalue weighted by molar-refractivity contribution is -0.0707. The van der Waals surface area contributed by atoms with Crippen molar-refractivity contribution in [3.8, 4) is 0 Å². The van der Waals surface area contributed by atoms with E-state index < -0.39 is 0 Å². The molecule has 2 N–H and O–H groups in total. The Labute approximate surface area is 174 Å². The van der Waals surface area contributed by atoms with Crippen LogP contribution in [-0.4, -0.2) is 45.1 Å². The lowest BCUT2D eigenvalue weighted by Crippen LogP contribution is -2.44. The van der Waals surface area contributed by atoms with Gasteiger partial charge in [0.15, 0.2) is 0 Å². The number of nitrogens with one attached hydrogen (secondary N) is 2. The Balaban J connectivity index is 1.46. The Morgan fingerprint density at radius 3 is 2.77 bits per heavy atom. The topological polar surface area (TPSA) is 83.1 Å². The van der Waals surface area contributed by atoms with Crippen LogP contribution in [0.15, 0.2) is 41.3 Å². The molecule has 0 bridgehead atoms. The van der Waals surface area contributed by atoms with Gasteiger partial charge in [0, 0.05) is 42.8 Å². The van der Waals surface area contributed by atoms with Gasteiger partial charge in [-0.2, -0.15) is 4.98 Å². The van der Waals surface area contributed by atoms with Crippen LogP contribution < -0.4 is 10.9 Å². The third kappa shape index (κ3) is 4.66. The first-order chi connectivity index (χ1) is 14.4. The van der Waals surface area contributed by atoms with Gasteiger partial charge in [-0.1, -0.05) is 12.1 Å². The molecule has 1 saturated heterocycles. The summed E-state index contributed by atoms with van der Waals surface area (Å²) in [6, 6.07) is 8.22. The van der Waals surface area contributed by atoms with Gasteiger partial charge in [0.1, 0.15) is 11.5 Å². The highest BCUT2D eigenvalue weighted by Crippen LogP contribution is 2.22. The average Bonchev–Trinajstić information content (AvgIpc) is 2.68. The number of benzene rings is 1. The van der Waals surface area contributed by atoms with E-state index in [0.29, 0.717) is 23.7 Å². The normalized spacial score (nSPS) is 20.9. The van der Waals surface area contributed by atoms with Crippen molar-refractivity contribution in [2.24, 2.45) is 0 Å². The maximum Gasteiger partial charge on any atom is 0.249 e. The van der Waals surface area contributed by atoms with Gasteiger partial charge in [-0.15, -0.1) is 0 Å². The number of fused-ring (bicyclic) bond motifs is 1. The lowest BCUT2D eigenvalue weighted by Gasteiger charge is -2.35. The van der Waals surface area contributed by atoms with E-state index in [0.717, 1.165) is 24.0 Å². The summed E-state index contributed by atoms with van der Waals surface area (Å²) in [6.07, 6.45) is 1.94. The Kier molecular flexibility index (Phi) is 5.78. The number of morpholine rings is 1. The third-order valence-corrected chi connectivity index (χ3v) is 5.28. The van der Waals surface area contributed by atoms with Crippen LogP contribution in [0.5, 0.6) is 0 Å². The van der Waals surface area contributed by atoms with E-state index in [2.05, 4.69) is 25.2 Å².